The molecule has 0 N–H and O–H groups in total. The minimum Gasteiger partial charge on any atom is -0.378 e. The molecule has 1 aliphatic rings. The van der Waals surface area contributed by atoms with Crippen LogP contribution in [0.5, 0.6) is 0 Å². The van der Waals surface area contributed by atoms with Gasteiger partial charge in [0.1, 0.15) is 0 Å². The lowest BCUT2D eigenvalue weighted by molar-refractivity contribution is -0.132. The van der Waals surface area contributed by atoms with Crippen molar-refractivity contribution in [1.29, 1.82) is 0 Å². The Balaban J connectivity index is 1.84. The molecule has 4 nitrogen and oxygen atoms in total. The topological polar surface area (TPSA) is 46.6 Å². The molecule has 1 heterocycles. The van der Waals surface area contributed by atoms with Crippen molar-refractivity contribution >= 4 is 35.1 Å². The van der Waals surface area contributed by atoms with E-state index in [-0.39, 0.29) is 17.6 Å². The molecule has 0 aliphatic carbocycles. The molecule has 1 amide bonds. The fourth-order valence-corrected chi connectivity index (χ4v) is 2.82. The number of thioether (sulfide) groups is 1. The van der Waals surface area contributed by atoms with Crippen LogP contribution in [0.1, 0.15) is 10.4 Å². The lowest BCUT2D eigenvalue weighted by Gasteiger charge is -2.26. The molecule has 0 atom stereocenters. The number of morpholine rings is 1. The predicted octanol–water partition coefficient (Wildman–Crippen LogP) is 2.06. The van der Waals surface area contributed by atoms with Crippen LogP contribution in [0.4, 0.5) is 0 Å². The van der Waals surface area contributed by atoms with Gasteiger partial charge in [0.05, 0.1) is 24.8 Å². The summed E-state index contributed by atoms with van der Waals surface area (Å²) in [5.74, 6) is 0.428. The third-order valence-electron chi connectivity index (χ3n) is 3.02. The van der Waals surface area contributed by atoms with Crippen molar-refractivity contribution in [1.82, 2.24) is 4.90 Å². The van der Waals surface area contributed by atoms with Crippen molar-refractivity contribution in [3.8, 4) is 0 Å². The van der Waals surface area contributed by atoms with Gasteiger partial charge in [-0.05, 0) is 12.1 Å². The number of carbonyl (C=O) groups is 2. The summed E-state index contributed by atoms with van der Waals surface area (Å²) < 4.78 is 5.22. The van der Waals surface area contributed by atoms with Crippen LogP contribution < -0.4 is 0 Å². The van der Waals surface area contributed by atoms with E-state index in [0.717, 1.165) is 4.90 Å². The van der Waals surface area contributed by atoms with Crippen molar-refractivity contribution in [2.24, 2.45) is 0 Å². The van der Waals surface area contributed by atoms with Crippen molar-refractivity contribution in [3.63, 3.8) is 0 Å². The zero-order chi connectivity index (χ0) is 14.4. The second-order valence-electron chi connectivity index (χ2n) is 4.36. The van der Waals surface area contributed by atoms with Crippen molar-refractivity contribution in [3.05, 3.63) is 29.8 Å². The number of alkyl halides is 1. The van der Waals surface area contributed by atoms with E-state index in [1.807, 2.05) is 17.0 Å². The van der Waals surface area contributed by atoms with Crippen LogP contribution in [-0.4, -0.2) is 54.5 Å². The van der Waals surface area contributed by atoms with Crippen LogP contribution in [-0.2, 0) is 9.53 Å². The predicted molar refractivity (Wildman–Crippen MR) is 79.6 cm³/mol. The molecule has 0 saturated carbocycles. The van der Waals surface area contributed by atoms with Gasteiger partial charge in [0.15, 0.2) is 5.78 Å². The largest absolute Gasteiger partial charge is 0.378 e. The minimum atomic E-state index is -0.0902. The number of nitrogens with zero attached hydrogens (tertiary/aromatic N) is 1. The highest BCUT2D eigenvalue weighted by Gasteiger charge is 2.16. The van der Waals surface area contributed by atoms with Gasteiger partial charge >= 0.3 is 0 Å². The quantitative estimate of drug-likeness (QED) is 0.474. The first kappa shape index (κ1) is 15.4. The highest BCUT2D eigenvalue weighted by atomic mass is 35.5. The molecule has 0 spiro atoms. The smallest absolute Gasteiger partial charge is 0.233 e. The van der Waals surface area contributed by atoms with Crippen LogP contribution in [0.3, 0.4) is 0 Å². The number of halogens is 1. The number of Topliss-reactive ketones (excluding diaryl/α,β-unsaturated/α-hetero) is 1. The average molecular weight is 314 g/mol. The number of hydrogen-bond donors (Lipinski definition) is 0. The first-order valence-electron chi connectivity index (χ1n) is 6.38. The van der Waals surface area contributed by atoms with Crippen LogP contribution in [0.2, 0.25) is 0 Å². The molecule has 1 fully saturated rings. The number of carbonyl (C=O) groups excluding carboxylic acids is 2. The zero-order valence-corrected chi connectivity index (χ0v) is 12.6. The highest BCUT2D eigenvalue weighted by molar-refractivity contribution is 8.00. The number of ketones is 1. The van der Waals surface area contributed by atoms with E-state index in [9.17, 15) is 9.59 Å². The summed E-state index contributed by atoms with van der Waals surface area (Å²) in [6.07, 6.45) is 0. The molecule has 0 bridgehead atoms. The van der Waals surface area contributed by atoms with Crippen molar-refractivity contribution in [2.75, 3.05) is 37.9 Å². The van der Waals surface area contributed by atoms with Gasteiger partial charge in [0.2, 0.25) is 5.91 Å². The van der Waals surface area contributed by atoms with E-state index in [0.29, 0.717) is 37.6 Å². The summed E-state index contributed by atoms with van der Waals surface area (Å²) in [4.78, 5) is 26.1. The molecule has 1 aromatic rings. The van der Waals surface area contributed by atoms with Gasteiger partial charge in [-0.25, -0.2) is 0 Å². The summed E-state index contributed by atoms with van der Waals surface area (Å²) >= 11 is 6.97. The molecule has 108 valence electrons. The molecule has 0 unspecified atom stereocenters. The van der Waals surface area contributed by atoms with Gasteiger partial charge in [-0.1, -0.05) is 12.1 Å². The maximum Gasteiger partial charge on any atom is 0.233 e. The Morgan fingerprint density at radius 3 is 2.45 bits per heavy atom. The second kappa shape index (κ2) is 7.67. The van der Waals surface area contributed by atoms with E-state index in [1.165, 1.54) is 11.8 Å². The first-order chi connectivity index (χ1) is 9.70. The lowest BCUT2D eigenvalue weighted by Crippen LogP contribution is -2.41. The first-order valence-corrected chi connectivity index (χ1v) is 7.90. The van der Waals surface area contributed by atoms with Crippen molar-refractivity contribution in [2.45, 2.75) is 4.90 Å². The molecule has 6 heteroatoms. The molecule has 2 rings (SSSR count). The SMILES string of the molecule is O=C(CCl)c1ccc(SCC(=O)N2CCOCC2)cc1. The molecular weight excluding hydrogens is 298 g/mol. The minimum absolute atomic E-state index is 0.0119. The Morgan fingerprint density at radius 1 is 1.20 bits per heavy atom. The molecule has 1 saturated heterocycles. The third-order valence-corrected chi connectivity index (χ3v) is 4.26. The van der Waals surface area contributed by atoms with E-state index in [1.54, 1.807) is 12.1 Å². The monoisotopic (exact) mass is 313 g/mol. The molecule has 0 radical (unpaired) electrons. The normalized spacial score (nSPS) is 15.2. The summed E-state index contributed by atoms with van der Waals surface area (Å²) in [6, 6.07) is 7.17. The number of amides is 1. The molecular formula is C14H16ClNO3S. The fraction of sp³-hybridized carbons (Fsp3) is 0.429. The summed E-state index contributed by atoms with van der Waals surface area (Å²) in [7, 11) is 0. The zero-order valence-electron chi connectivity index (χ0n) is 11.0. The summed E-state index contributed by atoms with van der Waals surface area (Å²) in [5.41, 5.74) is 0.601. The molecule has 1 aliphatic heterocycles. The number of ether oxygens (including phenoxy) is 1. The summed E-state index contributed by atoms with van der Waals surface area (Å²) in [6.45, 7) is 2.57. The van der Waals surface area contributed by atoms with Gasteiger partial charge in [0, 0.05) is 23.5 Å². The number of rotatable bonds is 5. The molecule has 0 aromatic heterocycles. The maximum atomic E-state index is 12.0. The Hall–Kier alpha value is -1.04. The Bertz CT molecular complexity index is 472. The lowest BCUT2D eigenvalue weighted by atomic mass is 10.1. The number of hydrogen-bond acceptors (Lipinski definition) is 4. The third kappa shape index (κ3) is 4.23. The van der Waals surface area contributed by atoms with Gasteiger partial charge in [0.25, 0.3) is 0 Å². The van der Waals surface area contributed by atoms with Gasteiger partial charge in [-0.2, -0.15) is 0 Å². The van der Waals surface area contributed by atoms with E-state index in [4.69, 9.17) is 16.3 Å². The fourth-order valence-electron chi connectivity index (χ4n) is 1.86. The van der Waals surface area contributed by atoms with Crippen molar-refractivity contribution < 1.29 is 14.3 Å². The van der Waals surface area contributed by atoms with Crippen LogP contribution in [0.25, 0.3) is 0 Å². The van der Waals surface area contributed by atoms with Crippen LogP contribution in [0, 0.1) is 0 Å². The Labute approximate surface area is 127 Å². The Kier molecular flexibility index (Phi) is 5.88. The average Bonchev–Trinajstić information content (AvgIpc) is 2.53. The van der Waals surface area contributed by atoms with E-state index >= 15 is 0 Å². The summed E-state index contributed by atoms with van der Waals surface area (Å²) in [5, 5.41) is 0. The second-order valence-corrected chi connectivity index (χ2v) is 5.68. The van der Waals surface area contributed by atoms with Gasteiger partial charge in [-0.3, -0.25) is 9.59 Å². The van der Waals surface area contributed by atoms with Crippen LogP contribution >= 0.6 is 23.4 Å². The van der Waals surface area contributed by atoms with E-state index < -0.39 is 0 Å². The van der Waals surface area contributed by atoms with Gasteiger partial charge in [-0.15, -0.1) is 23.4 Å². The van der Waals surface area contributed by atoms with Gasteiger partial charge < -0.3 is 9.64 Å². The molecule has 20 heavy (non-hydrogen) atoms. The molecule has 1 aromatic carbocycles. The van der Waals surface area contributed by atoms with E-state index in [2.05, 4.69) is 0 Å². The maximum absolute atomic E-state index is 12.0. The number of benzene rings is 1. The Morgan fingerprint density at radius 2 is 1.85 bits per heavy atom. The standard InChI is InChI=1S/C14H16ClNO3S/c15-9-13(17)11-1-3-12(4-2-11)20-10-14(18)16-5-7-19-8-6-16/h1-4H,5-10H2. The highest BCUT2D eigenvalue weighted by Crippen LogP contribution is 2.19. The van der Waals surface area contributed by atoms with Crippen LogP contribution in [0.15, 0.2) is 29.2 Å².